The molecule has 2 unspecified atom stereocenters. The van der Waals surface area contributed by atoms with E-state index < -0.39 is 0 Å². The standard InChI is InChI=1S/C12H19BrN2OS/c1-2-16-12(8-3-4-8)10(15-14)7-11-9(13)5-6-17-11/h5-6,8,10,12,15H,2-4,7,14H2,1H3. The predicted molar refractivity (Wildman–Crippen MR) is 75.0 cm³/mol. The molecule has 3 N–H and O–H groups in total. The molecule has 1 aromatic rings. The van der Waals surface area contributed by atoms with Gasteiger partial charge in [0.1, 0.15) is 0 Å². The van der Waals surface area contributed by atoms with E-state index in [4.69, 9.17) is 10.6 Å². The molecule has 17 heavy (non-hydrogen) atoms. The number of rotatable bonds is 7. The Balaban J connectivity index is 2.01. The topological polar surface area (TPSA) is 47.3 Å². The summed E-state index contributed by atoms with van der Waals surface area (Å²) in [6.07, 6.45) is 3.72. The van der Waals surface area contributed by atoms with Crippen LogP contribution in [0.25, 0.3) is 0 Å². The lowest BCUT2D eigenvalue weighted by Crippen LogP contribution is -2.47. The highest BCUT2D eigenvalue weighted by Crippen LogP contribution is 2.37. The van der Waals surface area contributed by atoms with Crippen LogP contribution in [0.2, 0.25) is 0 Å². The van der Waals surface area contributed by atoms with E-state index in [0.29, 0.717) is 5.92 Å². The van der Waals surface area contributed by atoms with Gasteiger partial charge in [0.2, 0.25) is 0 Å². The molecule has 1 saturated carbocycles. The Morgan fingerprint density at radius 1 is 1.65 bits per heavy atom. The summed E-state index contributed by atoms with van der Waals surface area (Å²) in [5.74, 6) is 6.39. The van der Waals surface area contributed by atoms with Crippen molar-refractivity contribution in [1.29, 1.82) is 0 Å². The average molecular weight is 319 g/mol. The summed E-state index contributed by atoms with van der Waals surface area (Å²) < 4.78 is 7.03. The lowest BCUT2D eigenvalue weighted by atomic mass is 10.0. The van der Waals surface area contributed by atoms with E-state index in [9.17, 15) is 0 Å². The third kappa shape index (κ3) is 3.51. The summed E-state index contributed by atoms with van der Waals surface area (Å²) in [4.78, 5) is 1.33. The summed E-state index contributed by atoms with van der Waals surface area (Å²) in [6, 6.07) is 2.29. The van der Waals surface area contributed by atoms with Crippen LogP contribution in [0.15, 0.2) is 15.9 Å². The van der Waals surface area contributed by atoms with Crippen LogP contribution < -0.4 is 11.3 Å². The van der Waals surface area contributed by atoms with Gasteiger partial charge >= 0.3 is 0 Å². The fourth-order valence-corrected chi connectivity index (χ4v) is 3.71. The predicted octanol–water partition coefficient (Wildman–Crippen LogP) is 2.70. The highest BCUT2D eigenvalue weighted by atomic mass is 79.9. The van der Waals surface area contributed by atoms with Gasteiger partial charge in [0, 0.05) is 22.4 Å². The minimum absolute atomic E-state index is 0.206. The molecular weight excluding hydrogens is 300 g/mol. The molecular formula is C12H19BrN2OS. The maximum absolute atomic E-state index is 5.85. The van der Waals surface area contributed by atoms with Crippen LogP contribution in [0.5, 0.6) is 0 Å². The van der Waals surface area contributed by atoms with Crippen molar-refractivity contribution in [3.8, 4) is 0 Å². The Kier molecular flexibility index (Phi) is 4.99. The molecule has 0 bridgehead atoms. The second kappa shape index (κ2) is 6.29. The van der Waals surface area contributed by atoms with Crippen LogP contribution in [0.1, 0.15) is 24.6 Å². The number of thiophene rings is 1. The smallest absolute Gasteiger partial charge is 0.0772 e. The SMILES string of the molecule is CCOC(C1CC1)C(Cc1sccc1Br)NN. The van der Waals surface area contributed by atoms with E-state index >= 15 is 0 Å². The van der Waals surface area contributed by atoms with Crippen molar-refractivity contribution >= 4 is 27.3 Å². The zero-order chi connectivity index (χ0) is 12.3. The Bertz CT molecular complexity index is 354. The zero-order valence-corrected chi connectivity index (χ0v) is 12.4. The summed E-state index contributed by atoms with van der Waals surface area (Å²) >= 11 is 5.33. The van der Waals surface area contributed by atoms with Crippen molar-refractivity contribution in [3.05, 3.63) is 20.8 Å². The third-order valence-electron chi connectivity index (χ3n) is 3.15. The Morgan fingerprint density at radius 2 is 2.41 bits per heavy atom. The number of hydrazine groups is 1. The van der Waals surface area contributed by atoms with Gasteiger partial charge < -0.3 is 4.74 Å². The second-order valence-electron chi connectivity index (χ2n) is 4.43. The Labute approximate surface area is 115 Å². The largest absolute Gasteiger partial charge is 0.377 e. The molecule has 2 rings (SSSR count). The Morgan fingerprint density at radius 3 is 2.88 bits per heavy atom. The molecule has 1 fully saturated rings. The lowest BCUT2D eigenvalue weighted by molar-refractivity contribution is 0.0193. The molecule has 0 saturated heterocycles. The molecule has 1 heterocycles. The lowest BCUT2D eigenvalue weighted by Gasteiger charge is -2.26. The molecule has 96 valence electrons. The van der Waals surface area contributed by atoms with Gasteiger partial charge in [-0.15, -0.1) is 11.3 Å². The first-order valence-electron chi connectivity index (χ1n) is 6.05. The third-order valence-corrected chi connectivity index (χ3v) is 5.10. The highest BCUT2D eigenvalue weighted by molar-refractivity contribution is 9.10. The van der Waals surface area contributed by atoms with Gasteiger partial charge in [-0.2, -0.15) is 0 Å². The Hall–Kier alpha value is 0.0600. The van der Waals surface area contributed by atoms with Gasteiger partial charge in [0.15, 0.2) is 0 Å². The van der Waals surface area contributed by atoms with Crippen molar-refractivity contribution in [1.82, 2.24) is 5.43 Å². The number of hydrogen-bond acceptors (Lipinski definition) is 4. The van der Waals surface area contributed by atoms with Crippen molar-refractivity contribution in [3.63, 3.8) is 0 Å². The molecule has 0 spiro atoms. The van der Waals surface area contributed by atoms with Gasteiger partial charge in [0.05, 0.1) is 12.1 Å². The minimum Gasteiger partial charge on any atom is -0.377 e. The molecule has 0 radical (unpaired) electrons. The van der Waals surface area contributed by atoms with E-state index in [1.54, 1.807) is 11.3 Å². The second-order valence-corrected chi connectivity index (χ2v) is 6.28. The number of nitrogens with one attached hydrogen (secondary N) is 1. The fourth-order valence-electron chi connectivity index (χ4n) is 2.14. The van der Waals surface area contributed by atoms with Crippen molar-refractivity contribution in [2.24, 2.45) is 11.8 Å². The molecule has 2 atom stereocenters. The van der Waals surface area contributed by atoms with Gasteiger partial charge in [-0.25, -0.2) is 0 Å². The quantitative estimate of drug-likeness (QED) is 0.600. The maximum atomic E-state index is 5.85. The van der Waals surface area contributed by atoms with E-state index in [-0.39, 0.29) is 12.1 Å². The van der Waals surface area contributed by atoms with Gasteiger partial charge in [-0.3, -0.25) is 11.3 Å². The monoisotopic (exact) mass is 318 g/mol. The zero-order valence-electron chi connectivity index (χ0n) is 9.99. The molecule has 5 heteroatoms. The first-order valence-corrected chi connectivity index (χ1v) is 7.73. The first-order chi connectivity index (χ1) is 8.26. The van der Waals surface area contributed by atoms with E-state index in [1.165, 1.54) is 22.2 Å². The molecule has 0 aromatic carbocycles. The van der Waals surface area contributed by atoms with Crippen LogP contribution in [0.4, 0.5) is 0 Å². The fraction of sp³-hybridized carbons (Fsp3) is 0.667. The summed E-state index contributed by atoms with van der Waals surface area (Å²) in [5.41, 5.74) is 2.93. The van der Waals surface area contributed by atoms with E-state index in [1.807, 2.05) is 6.92 Å². The van der Waals surface area contributed by atoms with Crippen LogP contribution >= 0.6 is 27.3 Å². The van der Waals surface area contributed by atoms with Crippen molar-refractivity contribution < 1.29 is 4.74 Å². The van der Waals surface area contributed by atoms with Crippen LogP contribution in [-0.2, 0) is 11.2 Å². The molecule has 0 amide bonds. The van der Waals surface area contributed by atoms with Crippen LogP contribution in [-0.4, -0.2) is 18.8 Å². The maximum Gasteiger partial charge on any atom is 0.0772 e. The van der Waals surface area contributed by atoms with Gasteiger partial charge in [-0.1, -0.05) is 0 Å². The number of ether oxygens (including phenoxy) is 1. The van der Waals surface area contributed by atoms with Crippen molar-refractivity contribution in [2.75, 3.05) is 6.61 Å². The van der Waals surface area contributed by atoms with E-state index in [2.05, 4.69) is 32.8 Å². The summed E-state index contributed by atoms with van der Waals surface area (Å²) in [5, 5.41) is 2.10. The molecule has 0 aliphatic heterocycles. The first kappa shape index (κ1) is 13.5. The normalized spacial score (nSPS) is 19.2. The molecule has 1 aromatic heterocycles. The van der Waals surface area contributed by atoms with E-state index in [0.717, 1.165) is 13.0 Å². The van der Waals surface area contributed by atoms with Gasteiger partial charge in [0.25, 0.3) is 0 Å². The number of nitrogens with two attached hydrogens (primary N) is 1. The average Bonchev–Trinajstić information content (AvgIpc) is 3.09. The number of hydrogen-bond donors (Lipinski definition) is 2. The number of halogens is 1. The minimum atomic E-state index is 0.206. The summed E-state index contributed by atoms with van der Waals surface area (Å²) in [7, 11) is 0. The molecule has 1 aliphatic carbocycles. The van der Waals surface area contributed by atoms with Crippen LogP contribution in [0, 0.1) is 5.92 Å². The highest BCUT2D eigenvalue weighted by Gasteiger charge is 2.37. The molecule has 1 aliphatic rings. The summed E-state index contributed by atoms with van der Waals surface area (Å²) in [6.45, 7) is 2.80. The van der Waals surface area contributed by atoms with Gasteiger partial charge in [-0.05, 0) is 53.1 Å². The molecule has 3 nitrogen and oxygen atoms in total. The van der Waals surface area contributed by atoms with Crippen LogP contribution in [0.3, 0.4) is 0 Å². The van der Waals surface area contributed by atoms with Crippen molar-refractivity contribution in [2.45, 2.75) is 38.3 Å².